The Balaban J connectivity index is 1.39. The summed E-state index contributed by atoms with van der Waals surface area (Å²) in [4.78, 5) is 9.30. The van der Waals surface area contributed by atoms with Gasteiger partial charge in [-0.25, -0.2) is 0 Å². The van der Waals surface area contributed by atoms with E-state index >= 15 is 0 Å². The summed E-state index contributed by atoms with van der Waals surface area (Å²) >= 11 is 0. The van der Waals surface area contributed by atoms with Crippen molar-refractivity contribution >= 4 is 5.96 Å². The summed E-state index contributed by atoms with van der Waals surface area (Å²) in [6, 6.07) is 10.7. The van der Waals surface area contributed by atoms with Crippen LogP contribution in [0.2, 0.25) is 0 Å². The van der Waals surface area contributed by atoms with Crippen LogP contribution in [-0.4, -0.2) is 68.2 Å². The van der Waals surface area contributed by atoms with Crippen LogP contribution in [0.4, 0.5) is 0 Å². The summed E-state index contributed by atoms with van der Waals surface area (Å²) in [5, 5.41) is 0. The zero-order valence-electron chi connectivity index (χ0n) is 13.9. The summed E-state index contributed by atoms with van der Waals surface area (Å²) in [5.41, 5.74) is 7.52. The van der Waals surface area contributed by atoms with Gasteiger partial charge in [0.05, 0.1) is 13.2 Å². The predicted octanol–water partition coefficient (Wildman–Crippen LogP) is 1.20. The second kappa shape index (κ2) is 8.31. The molecule has 0 bridgehead atoms. The summed E-state index contributed by atoms with van der Waals surface area (Å²) in [6.45, 7) is 7.57. The van der Waals surface area contributed by atoms with Crippen LogP contribution in [0, 0.1) is 5.92 Å². The van der Waals surface area contributed by atoms with Gasteiger partial charge < -0.3 is 20.3 Å². The number of aliphatic imine (C=N–C) groups is 1. The molecule has 0 aliphatic carbocycles. The van der Waals surface area contributed by atoms with E-state index in [9.17, 15) is 0 Å². The first kappa shape index (κ1) is 16.3. The number of hydrogen-bond acceptors (Lipinski definition) is 3. The van der Waals surface area contributed by atoms with Crippen molar-refractivity contribution in [3.8, 4) is 0 Å². The fraction of sp³-hybridized carbons (Fsp3) is 0.611. The largest absolute Gasteiger partial charge is 0.378 e. The van der Waals surface area contributed by atoms with E-state index in [1.54, 1.807) is 0 Å². The maximum absolute atomic E-state index is 6.10. The minimum absolute atomic E-state index is 0.644. The molecule has 5 nitrogen and oxygen atoms in total. The van der Waals surface area contributed by atoms with Gasteiger partial charge in [0.1, 0.15) is 0 Å². The van der Waals surface area contributed by atoms with Crippen LogP contribution in [0.25, 0.3) is 0 Å². The van der Waals surface area contributed by atoms with E-state index in [1.165, 1.54) is 18.5 Å². The molecule has 1 aromatic rings. The number of nitrogens with two attached hydrogens (primary N) is 1. The minimum Gasteiger partial charge on any atom is -0.378 e. The van der Waals surface area contributed by atoms with Crippen LogP contribution in [0.15, 0.2) is 35.3 Å². The third-order valence-electron chi connectivity index (χ3n) is 4.78. The van der Waals surface area contributed by atoms with Crippen molar-refractivity contribution in [2.24, 2.45) is 16.6 Å². The van der Waals surface area contributed by atoms with E-state index in [2.05, 4.69) is 45.1 Å². The molecule has 2 saturated heterocycles. The maximum atomic E-state index is 6.10. The van der Waals surface area contributed by atoms with Crippen molar-refractivity contribution in [3.05, 3.63) is 35.9 Å². The molecule has 2 heterocycles. The summed E-state index contributed by atoms with van der Waals surface area (Å²) in [7, 11) is 0. The molecule has 126 valence electrons. The second-order valence-corrected chi connectivity index (χ2v) is 6.49. The summed E-state index contributed by atoms with van der Waals surface area (Å²) < 4.78 is 5.35. The van der Waals surface area contributed by atoms with E-state index < -0.39 is 0 Å². The van der Waals surface area contributed by atoms with E-state index in [0.29, 0.717) is 11.9 Å². The zero-order chi connectivity index (χ0) is 15.9. The lowest BCUT2D eigenvalue weighted by Crippen LogP contribution is -2.45. The Bertz CT molecular complexity index is 499. The van der Waals surface area contributed by atoms with E-state index in [-0.39, 0.29) is 0 Å². The summed E-state index contributed by atoms with van der Waals surface area (Å²) in [5.74, 6) is 1.33. The Kier molecular flexibility index (Phi) is 5.88. The Labute approximate surface area is 139 Å². The number of ether oxygens (including phenoxy) is 1. The molecule has 0 amide bonds. The van der Waals surface area contributed by atoms with Gasteiger partial charge in [-0.15, -0.1) is 0 Å². The molecule has 1 aromatic carbocycles. The molecule has 0 saturated carbocycles. The van der Waals surface area contributed by atoms with Crippen molar-refractivity contribution in [2.75, 3.05) is 52.5 Å². The molecule has 0 aromatic heterocycles. The van der Waals surface area contributed by atoms with Gasteiger partial charge in [0, 0.05) is 32.7 Å². The van der Waals surface area contributed by atoms with Crippen LogP contribution >= 0.6 is 0 Å². The molecule has 3 rings (SSSR count). The zero-order valence-corrected chi connectivity index (χ0v) is 13.9. The van der Waals surface area contributed by atoms with Crippen LogP contribution in [0.5, 0.6) is 0 Å². The number of morpholine rings is 1. The van der Waals surface area contributed by atoms with Gasteiger partial charge in [-0.05, 0) is 30.9 Å². The lowest BCUT2D eigenvalue weighted by atomic mass is 10.1. The fourth-order valence-electron chi connectivity index (χ4n) is 3.31. The molecule has 0 radical (unpaired) electrons. The number of guanidine groups is 1. The standard InChI is InChI=1S/C18H28N4O/c19-18(22-10-12-23-13-11-22)20-14-17-7-9-21(15-17)8-6-16-4-2-1-3-5-16/h1-5,17H,6-15H2,(H2,19,20). The van der Waals surface area contributed by atoms with Crippen molar-refractivity contribution in [1.82, 2.24) is 9.80 Å². The quantitative estimate of drug-likeness (QED) is 0.655. The second-order valence-electron chi connectivity index (χ2n) is 6.49. The number of rotatable bonds is 5. The highest BCUT2D eigenvalue weighted by molar-refractivity contribution is 5.78. The van der Waals surface area contributed by atoms with Gasteiger partial charge in [-0.1, -0.05) is 30.3 Å². The Morgan fingerprint density at radius 3 is 2.74 bits per heavy atom. The SMILES string of the molecule is NC(=NCC1CCN(CCc2ccccc2)C1)N1CCOCC1. The lowest BCUT2D eigenvalue weighted by molar-refractivity contribution is 0.0674. The molecule has 2 fully saturated rings. The van der Waals surface area contributed by atoms with E-state index in [1.807, 2.05) is 0 Å². The Morgan fingerprint density at radius 2 is 1.96 bits per heavy atom. The van der Waals surface area contributed by atoms with Crippen molar-refractivity contribution in [2.45, 2.75) is 12.8 Å². The first-order chi connectivity index (χ1) is 11.3. The number of benzene rings is 1. The molecule has 2 N–H and O–H groups in total. The van der Waals surface area contributed by atoms with Gasteiger partial charge in [-0.2, -0.15) is 0 Å². The third kappa shape index (κ3) is 4.94. The first-order valence-electron chi connectivity index (χ1n) is 8.70. The minimum atomic E-state index is 0.644. The van der Waals surface area contributed by atoms with E-state index in [4.69, 9.17) is 10.5 Å². The lowest BCUT2D eigenvalue weighted by Gasteiger charge is -2.27. The molecular weight excluding hydrogens is 288 g/mol. The third-order valence-corrected chi connectivity index (χ3v) is 4.78. The molecule has 0 spiro atoms. The molecular formula is C18H28N4O. The highest BCUT2D eigenvalue weighted by atomic mass is 16.5. The van der Waals surface area contributed by atoms with Crippen LogP contribution in [0.1, 0.15) is 12.0 Å². The Morgan fingerprint density at radius 1 is 1.17 bits per heavy atom. The van der Waals surface area contributed by atoms with Crippen molar-refractivity contribution in [3.63, 3.8) is 0 Å². The van der Waals surface area contributed by atoms with Crippen LogP contribution < -0.4 is 5.73 Å². The smallest absolute Gasteiger partial charge is 0.191 e. The van der Waals surface area contributed by atoms with Crippen LogP contribution in [0.3, 0.4) is 0 Å². The molecule has 23 heavy (non-hydrogen) atoms. The molecule has 1 unspecified atom stereocenters. The number of hydrogen-bond donors (Lipinski definition) is 1. The van der Waals surface area contributed by atoms with E-state index in [0.717, 1.165) is 52.4 Å². The highest BCUT2D eigenvalue weighted by Crippen LogP contribution is 2.17. The maximum Gasteiger partial charge on any atom is 0.191 e. The average Bonchev–Trinajstić information content (AvgIpc) is 3.07. The van der Waals surface area contributed by atoms with Crippen molar-refractivity contribution < 1.29 is 4.74 Å². The molecule has 5 heteroatoms. The number of nitrogens with zero attached hydrogens (tertiary/aromatic N) is 3. The topological polar surface area (TPSA) is 54.1 Å². The summed E-state index contributed by atoms with van der Waals surface area (Å²) in [6.07, 6.45) is 2.36. The molecule has 1 atom stereocenters. The Hall–Kier alpha value is -1.59. The first-order valence-corrected chi connectivity index (χ1v) is 8.70. The van der Waals surface area contributed by atoms with Gasteiger partial charge >= 0.3 is 0 Å². The van der Waals surface area contributed by atoms with Gasteiger partial charge in [0.15, 0.2) is 5.96 Å². The predicted molar refractivity (Wildman–Crippen MR) is 93.6 cm³/mol. The fourth-order valence-corrected chi connectivity index (χ4v) is 3.31. The van der Waals surface area contributed by atoms with Crippen LogP contribution in [-0.2, 0) is 11.2 Å². The molecule has 2 aliphatic rings. The van der Waals surface area contributed by atoms with Gasteiger partial charge in [0.25, 0.3) is 0 Å². The highest BCUT2D eigenvalue weighted by Gasteiger charge is 2.22. The number of likely N-dealkylation sites (tertiary alicyclic amines) is 1. The van der Waals surface area contributed by atoms with Gasteiger partial charge in [-0.3, -0.25) is 4.99 Å². The monoisotopic (exact) mass is 316 g/mol. The van der Waals surface area contributed by atoms with Crippen molar-refractivity contribution in [1.29, 1.82) is 0 Å². The van der Waals surface area contributed by atoms with Gasteiger partial charge in [0.2, 0.25) is 0 Å². The average molecular weight is 316 g/mol. The normalized spacial score (nSPS) is 23.4. The molecule has 2 aliphatic heterocycles.